The molecule has 0 bridgehead atoms. The van der Waals surface area contributed by atoms with Gasteiger partial charge in [-0.3, -0.25) is 10.1 Å². The summed E-state index contributed by atoms with van der Waals surface area (Å²) in [5.74, 6) is -0.997. The third kappa shape index (κ3) is 3.09. The predicted molar refractivity (Wildman–Crippen MR) is 53.9 cm³/mol. The maximum absolute atomic E-state index is 11.5. The standard InChI is InChI=1S/C10H13N3O2/c1-3-4-8(5-11)9(14)13-10-12-7(2)6-15-10/h6,8H,3-4H2,1-2H3,(H,12,13,14). The van der Waals surface area contributed by atoms with E-state index in [1.807, 2.05) is 13.0 Å². The number of aryl methyl sites for hydroxylation is 1. The van der Waals surface area contributed by atoms with Crippen LogP contribution in [0.15, 0.2) is 10.7 Å². The van der Waals surface area contributed by atoms with Gasteiger partial charge >= 0.3 is 6.01 Å². The summed E-state index contributed by atoms with van der Waals surface area (Å²) in [6.07, 6.45) is 2.77. The molecule has 80 valence electrons. The fraction of sp³-hybridized carbons (Fsp3) is 0.500. The van der Waals surface area contributed by atoms with Crippen LogP contribution < -0.4 is 5.32 Å². The van der Waals surface area contributed by atoms with Crippen molar-refractivity contribution in [2.75, 3.05) is 5.32 Å². The van der Waals surface area contributed by atoms with E-state index in [-0.39, 0.29) is 11.9 Å². The van der Waals surface area contributed by atoms with Gasteiger partial charge < -0.3 is 4.42 Å². The maximum Gasteiger partial charge on any atom is 0.301 e. The minimum atomic E-state index is -0.637. The average Bonchev–Trinajstić information content (AvgIpc) is 2.60. The molecule has 1 atom stereocenters. The fourth-order valence-corrected chi connectivity index (χ4v) is 1.15. The summed E-state index contributed by atoms with van der Waals surface area (Å²) in [4.78, 5) is 15.4. The van der Waals surface area contributed by atoms with Crippen molar-refractivity contribution in [3.8, 4) is 6.07 Å². The second-order valence-corrected chi connectivity index (χ2v) is 3.25. The van der Waals surface area contributed by atoms with Crippen LogP contribution in [0.1, 0.15) is 25.5 Å². The van der Waals surface area contributed by atoms with Crippen LogP contribution in [-0.2, 0) is 4.79 Å². The molecule has 0 fully saturated rings. The lowest BCUT2D eigenvalue weighted by atomic mass is 10.1. The minimum absolute atomic E-state index is 0.147. The number of hydrogen-bond acceptors (Lipinski definition) is 4. The molecular formula is C10H13N3O2. The van der Waals surface area contributed by atoms with E-state index in [9.17, 15) is 4.79 Å². The summed E-state index contributed by atoms with van der Waals surface area (Å²) < 4.78 is 4.96. The molecular weight excluding hydrogens is 194 g/mol. The molecule has 15 heavy (non-hydrogen) atoms. The summed E-state index contributed by atoms with van der Waals surface area (Å²) in [6, 6.07) is 2.10. The SMILES string of the molecule is CCCC(C#N)C(=O)Nc1nc(C)co1. The van der Waals surface area contributed by atoms with Crippen LogP contribution in [0.5, 0.6) is 0 Å². The van der Waals surface area contributed by atoms with Crippen molar-refractivity contribution < 1.29 is 9.21 Å². The zero-order valence-electron chi connectivity index (χ0n) is 8.78. The third-order valence-electron chi connectivity index (χ3n) is 1.90. The van der Waals surface area contributed by atoms with Crippen LogP contribution in [0.3, 0.4) is 0 Å². The summed E-state index contributed by atoms with van der Waals surface area (Å²) in [5, 5.41) is 11.2. The van der Waals surface area contributed by atoms with Crippen molar-refractivity contribution in [1.29, 1.82) is 5.26 Å². The Morgan fingerprint density at radius 3 is 3.00 bits per heavy atom. The van der Waals surface area contributed by atoms with E-state index < -0.39 is 5.92 Å². The second-order valence-electron chi connectivity index (χ2n) is 3.25. The molecule has 0 radical (unpaired) electrons. The zero-order chi connectivity index (χ0) is 11.3. The number of nitriles is 1. The van der Waals surface area contributed by atoms with Gasteiger partial charge in [-0.1, -0.05) is 13.3 Å². The van der Waals surface area contributed by atoms with Gasteiger partial charge in [-0.15, -0.1) is 0 Å². The number of rotatable bonds is 4. The zero-order valence-corrected chi connectivity index (χ0v) is 8.78. The molecule has 5 nitrogen and oxygen atoms in total. The van der Waals surface area contributed by atoms with E-state index in [1.165, 1.54) is 6.26 Å². The molecule has 0 aliphatic heterocycles. The van der Waals surface area contributed by atoms with Gasteiger partial charge in [0.25, 0.3) is 0 Å². The van der Waals surface area contributed by atoms with Gasteiger partial charge in [0.1, 0.15) is 12.2 Å². The molecule has 0 aliphatic rings. The van der Waals surface area contributed by atoms with Crippen LogP contribution in [-0.4, -0.2) is 10.9 Å². The minimum Gasteiger partial charge on any atom is -0.432 e. The van der Waals surface area contributed by atoms with Crippen molar-refractivity contribution in [3.63, 3.8) is 0 Å². The first-order valence-corrected chi connectivity index (χ1v) is 4.80. The average molecular weight is 207 g/mol. The second kappa shape index (κ2) is 5.15. The fourth-order valence-electron chi connectivity index (χ4n) is 1.15. The first-order valence-electron chi connectivity index (χ1n) is 4.80. The molecule has 1 amide bonds. The highest BCUT2D eigenvalue weighted by atomic mass is 16.4. The Morgan fingerprint density at radius 1 is 1.80 bits per heavy atom. The van der Waals surface area contributed by atoms with Crippen LogP contribution >= 0.6 is 0 Å². The summed E-state index contributed by atoms with van der Waals surface area (Å²) in [7, 11) is 0. The van der Waals surface area contributed by atoms with Crippen molar-refractivity contribution >= 4 is 11.9 Å². The predicted octanol–water partition coefficient (Wildman–Crippen LogP) is 1.86. The Labute approximate surface area is 88.1 Å². The van der Waals surface area contributed by atoms with Crippen molar-refractivity contribution in [1.82, 2.24) is 4.98 Å². The Bertz CT molecular complexity index is 378. The topological polar surface area (TPSA) is 78.9 Å². The highest BCUT2D eigenvalue weighted by Crippen LogP contribution is 2.11. The smallest absolute Gasteiger partial charge is 0.301 e. The van der Waals surface area contributed by atoms with Gasteiger partial charge in [-0.2, -0.15) is 10.2 Å². The van der Waals surface area contributed by atoms with Crippen LogP contribution in [0.2, 0.25) is 0 Å². The molecule has 0 saturated carbocycles. The molecule has 0 aromatic carbocycles. The maximum atomic E-state index is 11.5. The summed E-state index contributed by atoms with van der Waals surface area (Å²) in [5.41, 5.74) is 0.689. The Kier molecular flexibility index (Phi) is 3.86. The van der Waals surface area contributed by atoms with Crippen LogP contribution in [0.4, 0.5) is 6.01 Å². The molecule has 1 rings (SSSR count). The van der Waals surface area contributed by atoms with Crippen molar-refractivity contribution in [2.45, 2.75) is 26.7 Å². The largest absolute Gasteiger partial charge is 0.432 e. The lowest BCUT2D eigenvalue weighted by Crippen LogP contribution is -2.21. The Balaban J connectivity index is 2.58. The van der Waals surface area contributed by atoms with Gasteiger partial charge in [-0.25, -0.2) is 0 Å². The van der Waals surface area contributed by atoms with Gasteiger partial charge in [0, 0.05) is 0 Å². The van der Waals surface area contributed by atoms with Crippen molar-refractivity contribution in [3.05, 3.63) is 12.0 Å². The number of anilines is 1. The van der Waals surface area contributed by atoms with Crippen molar-refractivity contribution in [2.24, 2.45) is 5.92 Å². The molecule has 1 aromatic heterocycles. The monoisotopic (exact) mass is 207 g/mol. The number of aromatic nitrogens is 1. The lowest BCUT2D eigenvalue weighted by molar-refractivity contribution is -0.118. The number of carbonyl (C=O) groups is 1. The number of hydrogen-bond donors (Lipinski definition) is 1. The van der Waals surface area contributed by atoms with Crippen LogP contribution in [0, 0.1) is 24.2 Å². The van der Waals surface area contributed by atoms with E-state index in [2.05, 4.69) is 10.3 Å². The van der Waals surface area contributed by atoms with E-state index in [0.717, 1.165) is 6.42 Å². The number of amides is 1. The molecule has 1 heterocycles. The summed E-state index contributed by atoms with van der Waals surface area (Å²) in [6.45, 7) is 3.68. The number of carbonyl (C=O) groups excluding carboxylic acids is 1. The quantitative estimate of drug-likeness (QED) is 0.817. The van der Waals surface area contributed by atoms with E-state index in [4.69, 9.17) is 9.68 Å². The highest BCUT2D eigenvalue weighted by molar-refractivity contribution is 5.92. The van der Waals surface area contributed by atoms with Gasteiger partial charge in [-0.05, 0) is 13.3 Å². The number of oxazole rings is 1. The molecule has 0 spiro atoms. The van der Waals surface area contributed by atoms with E-state index >= 15 is 0 Å². The number of nitrogens with zero attached hydrogens (tertiary/aromatic N) is 2. The van der Waals surface area contributed by atoms with Crippen LogP contribution in [0.25, 0.3) is 0 Å². The van der Waals surface area contributed by atoms with Gasteiger partial charge in [0.05, 0.1) is 11.8 Å². The molecule has 0 aliphatic carbocycles. The molecule has 0 saturated heterocycles. The van der Waals surface area contributed by atoms with Gasteiger partial charge in [0.15, 0.2) is 0 Å². The third-order valence-corrected chi connectivity index (χ3v) is 1.90. The first-order chi connectivity index (χ1) is 7.17. The summed E-state index contributed by atoms with van der Waals surface area (Å²) >= 11 is 0. The van der Waals surface area contributed by atoms with E-state index in [1.54, 1.807) is 6.92 Å². The molecule has 1 aromatic rings. The molecule has 1 N–H and O–H groups in total. The Morgan fingerprint density at radius 2 is 2.53 bits per heavy atom. The Hall–Kier alpha value is -1.83. The van der Waals surface area contributed by atoms with E-state index in [0.29, 0.717) is 12.1 Å². The lowest BCUT2D eigenvalue weighted by Gasteiger charge is -2.05. The van der Waals surface area contributed by atoms with Gasteiger partial charge in [0.2, 0.25) is 5.91 Å². The highest BCUT2D eigenvalue weighted by Gasteiger charge is 2.18. The normalized spacial score (nSPS) is 11.8. The molecule has 5 heteroatoms. The number of nitrogens with one attached hydrogen (secondary N) is 1. The molecule has 1 unspecified atom stereocenters. The first kappa shape index (κ1) is 11.2.